The molecule has 1 unspecified atom stereocenters. The molecule has 1 aliphatic rings. The number of nitrogens with zero attached hydrogens (tertiary/aromatic N) is 1. The van der Waals surface area contributed by atoms with E-state index in [4.69, 9.17) is 23.2 Å². The van der Waals surface area contributed by atoms with Gasteiger partial charge in [0.05, 0.1) is 5.56 Å². The van der Waals surface area contributed by atoms with Gasteiger partial charge in [0.25, 0.3) is 0 Å². The zero-order chi connectivity index (χ0) is 20.5. The first-order valence-corrected chi connectivity index (χ1v) is 10.8. The number of carbonyl (C=O) groups is 1. The van der Waals surface area contributed by atoms with Gasteiger partial charge in [-0.25, -0.2) is 0 Å². The molecule has 3 rings (SSSR count). The number of hydrogen-bond donors (Lipinski definition) is 1. The summed E-state index contributed by atoms with van der Waals surface area (Å²) in [6.45, 7) is 6.78. The highest BCUT2D eigenvalue weighted by Gasteiger charge is 2.32. The molecule has 0 spiro atoms. The van der Waals surface area contributed by atoms with Crippen LogP contribution in [0.1, 0.15) is 48.8 Å². The molecule has 1 heterocycles. The van der Waals surface area contributed by atoms with E-state index < -0.39 is 0 Å². The minimum Gasteiger partial charge on any atom is -0.313 e. The Bertz CT molecular complexity index is 959. The third-order valence-corrected chi connectivity index (χ3v) is 7.07. The maximum absolute atomic E-state index is 12.4. The average Bonchev–Trinajstić information content (AvgIpc) is 2.96. The van der Waals surface area contributed by atoms with Crippen molar-refractivity contribution in [2.24, 2.45) is 11.3 Å². The van der Waals surface area contributed by atoms with E-state index in [1.54, 1.807) is 24.3 Å². The molecule has 0 saturated heterocycles. The smallest absolute Gasteiger partial charge is 0.249 e. The molecule has 2 aromatic rings. The largest absolute Gasteiger partial charge is 0.313 e. The van der Waals surface area contributed by atoms with Crippen LogP contribution in [0.25, 0.3) is 6.08 Å². The third kappa shape index (κ3) is 4.43. The quantitative estimate of drug-likeness (QED) is 0.546. The first-order valence-electron chi connectivity index (χ1n) is 9.18. The van der Waals surface area contributed by atoms with E-state index in [9.17, 15) is 10.1 Å². The Morgan fingerprint density at radius 3 is 2.61 bits per heavy atom. The standard InChI is InChI=1S/C22H22Cl2N2OS/c1-22(2,3)13-7-8-14-16(12-25)21(28-19(14)11-13)26-20(27)10-9-15-17(23)5-4-6-18(15)24/h4-6,9-10,13H,7-8,11H2,1-3H3,(H,26,27)/b10-9+. The lowest BCUT2D eigenvalue weighted by atomic mass is 9.72. The first kappa shape index (κ1) is 20.9. The van der Waals surface area contributed by atoms with Gasteiger partial charge in [0, 0.05) is 26.6 Å². The van der Waals surface area contributed by atoms with Gasteiger partial charge in [-0.2, -0.15) is 5.26 Å². The monoisotopic (exact) mass is 432 g/mol. The van der Waals surface area contributed by atoms with E-state index in [-0.39, 0.29) is 11.3 Å². The molecule has 0 bridgehead atoms. The zero-order valence-electron chi connectivity index (χ0n) is 16.1. The second-order valence-electron chi connectivity index (χ2n) is 8.08. The summed E-state index contributed by atoms with van der Waals surface area (Å²) >= 11 is 13.8. The highest BCUT2D eigenvalue weighted by atomic mass is 35.5. The zero-order valence-corrected chi connectivity index (χ0v) is 18.4. The number of carbonyl (C=O) groups excluding carboxylic acids is 1. The summed E-state index contributed by atoms with van der Waals surface area (Å²) < 4.78 is 0. The predicted octanol–water partition coefficient (Wildman–Crippen LogP) is 6.73. The van der Waals surface area contributed by atoms with Gasteiger partial charge in [0.2, 0.25) is 5.91 Å². The van der Waals surface area contributed by atoms with Crippen LogP contribution in [0.2, 0.25) is 10.0 Å². The van der Waals surface area contributed by atoms with Crippen LogP contribution in [0.5, 0.6) is 0 Å². The number of halogens is 2. The topological polar surface area (TPSA) is 52.9 Å². The van der Waals surface area contributed by atoms with Gasteiger partial charge in [-0.15, -0.1) is 11.3 Å². The molecule has 1 amide bonds. The molecule has 1 aliphatic carbocycles. The summed E-state index contributed by atoms with van der Waals surface area (Å²) in [4.78, 5) is 13.6. The number of anilines is 1. The summed E-state index contributed by atoms with van der Waals surface area (Å²) in [7, 11) is 0. The molecular formula is C22H22Cl2N2OS. The number of amides is 1. The Morgan fingerprint density at radius 2 is 2.00 bits per heavy atom. The summed E-state index contributed by atoms with van der Waals surface area (Å²) in [5.41, 5.74) is 2.53. The number of thiophene rings is 1. The van der Waals surface area contributed by atoms with Gasteiger partial charge in [-0.3, -0.25) is 4.79 Å². The van der Waals surface area contributed by atoms with Crippen molar-refractivity contribution >= 4 is 51.5 Å². The summed E-state index contributed by atoms with van der Waals surface area (Å²) in [5.74, 6) is 0.273. The van der Waals surface area contributed by atoms with Crippen LogP contribution in [0, 0.1) is 22.7 Å². The molecule has 1 N–H and O–H groups in total. The second kappa shape index (κ2) is 8.29. The van der Waals surface area contributed by atoms with Gasteiger partial charge in [0.1, 0.15) is 11.1 Å². The number of benzene rings is 1. The molecule has 6 heteroatoms. The predicted molar refractivity (Wildman–Crippen MR) is 118 cm³/mol. The van der Waals surface area contributed by atoms with Gasteiger partial charge in [-0.05, 0) is 54.4 Å². The molecule has 0 saturated carbocycles. The molecule has 1 atom stereocenters. The van der Waals surface area contributed by atoms with E-state index in [0.717, 1.165) is 24.8 Å². The number of hydrogen-bond acceptors (Lipinski definition) is 3. The van der Waals surface area contributed by atoms with Crippen LogP contribution < -0.4 is 5.32 Å². The fourth-order valence-electron chi connectivity index (χ4n) is 3.51. The van der Waals surface area contributed by atoms with Crippen molar-refractivity contribution in [1.29, 1.82) is 5.26 Å². The fourth-order valence-corrected chi connectivity index (χ4v) is 5.32. The Hall–Kier alpha value is -1.80. The van der Waals surface area contributed by atoms with Gasteiger partial charge >= 0.3 is 0 Å². The molecular weight excluding hydrogens is 411 g/mol. The molecule has 0 fully saturated rings. The lowest BCUT2D eigenvalue weighted by molar-refractivity contribution is -0.111. The van der Waals surface area contributed by atoms with Crippen LogP contribution in [0.15, 0.2) is 24.3 Å². The second-order valence-corrected chi connectivity index (χ2v) is 10.0. The Labute approximate surface area is 180 Å². The maximum Gasteiger partial charge on any atom is 0.249 e. The Balaban J connectivity index is 1.80. The first-order chi connectivity index (χ1) is 13.2. The van der Waals surface area contributed by atoms with Crippen LogP contribution in [0.4, 0.5) is 5.00 Å². The van der Waals surface area contributed by atoms with Crippen molar-refractivity contribution in [3.8, 4) is 6.07 Å². The van der Waals surface area contributed by atoms with Gasteiger partial charge < -0.3 is 5.32 Å². The van der Waals surface area contributed by atoms with Crippen LogP contribution in [-0.2, 0) is 17.6 Å². The minimum atomic E-state index is -0.307. The molecule has 0 radical (unpaired) electrons. The van der Waals surface area contributed by atoms with E-state index in [2.05, 4.69) is 32.2 Å². The molecule has 1 aromatic heterocycles. The molecule has 1 aromatic carbocycles. The number of nitriles is 1. The van der Waals surface area contributed by atoms with Gasteiger partial charge in [-0.1, -0.05) is 50.0 Å². The molecule has 3 nitrogen and oxygen atoms in total. The summed E-state index contributed by atoms with van der Waals surface area (Å²) in [5, 5.41) is 14.1. The van der Waals surface area contributed by atoms with E-state index in [1.807, 2.05) is 0 Å². The normalized spacial score (nSPS) is 16.6. The lowest BCUT2D eigenvalue weighted by Crippen LogP contribution is -2.26. The van der Waals surface area contributed by atoms with Crippen LogP contribution >= 0.6 is 34.5 Å². The maximum atomic E-state index is 12.4. The average molecular weight is 433 g/mol. The van der Waals surface area contributed by atoms with Gasteiger partial charge in [0.15, 0.2) is 0 Å². The molecule has 0 aliphatic heterocycles. The molecule has 28 heavy (non-hydrogen) atoms. The number of rotatable bonds is 3. The van der Waals surface area contributed by atoms with Crippen molar-refractivity contribution in [3.05, 3.63) is 55.9 Å². The Kier molecular flexibility index (Phi) is 6.19. The highest BCUT2D eigenvalue weighted by Crippen LogP contribution is 2.44. The molecule has 146 valence electrons. The van der Waals surface area contributed by atoms with Crippen LogP contribution in [-0.4, -0.2) is 5.91 Å². The number of fused-ring (bicyclic) bond motifs is 1. The Morgan fingerprint density at radius 1 is 1.32 bits per heavy atom. The van der Waals surface area contributed by atoms with E-state index in [1.165, 1.54) is 22.3 Å². The van der Waals surface area contributed by atoms with E-state index in [0.29, 0.717) is 32.1 Å². The third-order valence-electron chi connectivity index (χ3n) is 5.24. The summed E-state index contributed by atoms with van der Waals surface area (Å²) in [6, 6.07) is 7.48. The summed E-state index contributed by atoms with van der Waals surface area (Å²) in [6.07, 6.45) is 5.90. The lowest BCUT2D eigenvalue weighted by Gasteiger charge is -2.33. The fraction of sp³-hybridized carbons (Fsp3) is 0.364. The van der Waals surface area contributed by atoms with Crippen molar-refractivity contribution < 1.29 is 4.79 Å². The highest BCUT2D eigenvalue weighted by molar-refractivity contribution is 7.16. The van der Waals surface area contributed by atoms with Crippen molar-refractivity contribution in [2.45, 2.75) is 40.0 Å². The number of nitrogens with one attached hydrogen (secondary N) is 1. The SMILES string of the molecule is CC(C)(C)C1CCc2c(sc(NC(=O)/C=C/c3c(Cl)cccc3Cl)c2C#N)C1. The van der Waals surface area contributed by atoms with Crippen LogP contribution in [0.3, 0.4) is 0 Å². The minimum absolute atomic E-state index is 0.231. The van der Waals surface area contributed by atoms with Crippen molar-refractivity contribution in [2.75, 3.05) is 5.32 Å². The van der Waals surface area contributed by atoms with Crippen molar-refractivity contribution in [1.82, 2.24) is 0 Å². The van der Waals surface area contributed by atoms with Crippen molar-refractivity contribution in [3.63, 3.8) is 0 Å². The van der Waals surface area contributed by atoms with E-state index >= 15 is 0 Å².